The van der Waals surface area contributed by atoms with Crippen LogP contribution in [0.4, 0.5) is 10.1 Å². The fourth-order valence-electron chi connectivity index (χ4n) is 2.63. The molecule has 0 unspecified atom stereocenters. The molecule has 2 amide bonds. The molecule has 0 aromatic heterocycles. The van der Waals surface area contributed by atoms with E-state index >= 15 is 0 Å². The third-order valence-corrected chi connectivity index (χ3v) is 4.57. The second-order valence-electron chi connectivity index (χ2n) is 6.14. The van der Waals surface area contributed by atoms with E-state index in [2.05, 4.69) is 5.32 Å². The minimum Gasteiger partial charge on any atom is -0.455 e. The van der Waals surface area contributed by atoms with E-state index in [1.54, 1.807) is 29.2 Å². The maximum absolute atomic E-state index is 13.7. The highest BCUT2D eigenvalue weighted by molar-refractivity contribution is 6.31. The van der Waals surface area contributed by atoms with Gasteiger partial charge in [0.25, 0.3) is 11.8 Å². The van der Waals surface area contributed by atoms with E-state index in [1.165, 1.54) is 18.2 Å². The predicted molar refractivity (Wildman–Crippen MR) is 108 cm³/mol. The molecular formula is C21H22ClFN2O4. The number of hydrogen-bond acceptors (Lipinski definition) is 4. The lowest BCUT2D eigenvalue weighted by Gasteiger charge is -2.18. The van der Waals surface area contributed by atoms with Crippen molar-refractivity contribution in [2.75, 3.05) is 25.0 Å². The van der Waals surface area contributed by atoms with Crippen LogP contribution in [0, 0.1) is 5.82 Å². The molecule has 0 fully saturated rings. The molecule has 2 rings (SSSR count). The van der Waals surface area contributed by atoms with Gasteiger partial charge in [-0.2, -0.15) is 0 Å². The normalized spacial score (nSPS) is 10.3. The minimum atomic E-state index is -0.771. The molecule has 0 saturated heterocycles. The zero-order valence-electron chi connectivity index (χ0n) is 16.2. The number of rotatable bonds is 8. The summed E-state index contributed by atoms with van der Waals surface area (Å²) < 4.78 is 18.6. The van der Waals surface area contributed by atoms with Gasteiger partial charge < -0.3 is 15.0 Å². The highest BCUT2D eigenvalue weighted by Crippen LogP contribution is 2.19. The summed E-state index contributed by atoms with van der Waals surface area (Å²) in [6.45, 7) is 4.49. The van der Waals surface area contributed by atoms with Crippen molar-refractivity contribution in [3.63, 3.8) is 0 Å². The fraction of sp³-hybridized carbons (Fsp3) is 0.286. The SMILES string of the molecule is CCN(CC)C(=O)c1ccc(NC(=O)COC(=O)Cc2c(F)cccc2Cl)cc1. The molecule has 2 aromatic carbocycles. The zero-order valence-corrected chi connectivity index (χ0v) is 17.0. The molecule has 0 bridgehead atoms. The Labute approximate surface area is 173 Å². The maximum atomic E-state index is 13.7. The van der Waals surface area contributed by atoms with Crippen LogP contribution in [-0.2, 0) is 20.7 Å². The molecule has 0 aliphatic rings. The Hall–Kier alpha value is -2.93. The lowest BCUT2D eigenvalue weighted by Crippen LogP contribution is -2.30. The Morgan fingerprint density at radius 1 is 1.07 bits per heavy atom. The average Bonchev–Trinajstić information content (AvgIpc) is 2.70. The standard InChI is InChI=1S/C21H22ClFN2O4/c1-3-25(4-2)21(28)14-8-10-15(11-9-14)24-19(26)13-29-20(27)12-16-17(22)6-5-7-18(16)23/h5-11H,3-4,12-13H2,1-2H3,(H,24,26). The molecule has 0 aliphatic heterocycles. The summed E-state index contributed by atoms with van der Waals surface area (Å²) in [5.74, 6) is -2.03. The quantitative estimate of drug-likeness (QED) is 0.661. The van der Waals surface area contributed by atoms with Crippen molar-refractivity contribution in [1.82, 2.24) is 4.90 Å². The fourth-order valence-corrected chi connectivity index (χ4v) is 2.86. The van der Waals surface area contributed by atoms with Crippen molar-refractivity contribution in [2.24, 2.45) is 0 Å². The summed E-state index contributed by atoms with van der Waals surface area (Å²) in [6, 6.07) is 10.5. The summed E-state index contributed by atoms with van der Waals surface area (Å²) in [7, 11) is 0. The number of anilines is 1. The van der Waals surface area contributed by atoms with Crippen molar-refractivity contribution in [1.29, 1.82) is 0 Å². The molecule has 29 heavy (non-hydrogen) atoms. The topological polar surface area (TPSA) is 75.7 Å². The Morgan fingerprint density at radius 3 is 2.31 bits per heavy atom. The molecule has 154 valence electrons. The molecule has 2 aromatic rings. The number of halogens is 2. The number of hydrogen-bond donors (Lipinski definition) is 1. The van der Waals surface area contributed by atoms with E-state index in [4.69, 9.17) is 16.3 Å². The minimum absolute atomic E-state index is 0.0213. The zero-order chi connectivity index (χ0) is 21.4. The van der Waals surface area contributed by atoms with Crippen molar-refractivity contribution >= 4 is 35.1 Å². The van der Waals surface area contributed by atoms with Crippen LogP contribution in [0.3, 0.4) is 0 Å². The summed E-state index contributed by atoms with van der Waals surface area (Å²) in [6.07, 6.45) is -0.374. The molecule has 0 radical (unpaired) electrons. The van der Waals surface area contributed by atoms with Crippen LogP contribution >= 0.6 is 11.6 Å². The van der Waals surface area contributed by atoms with Crippen molar-refractivity contribution in [2.45, 2.75) is 20.3 Å². The van der Waals surface area contributed by atoms with E-state index < -0.39 is 24.3 Å². The Bertz CT molecular complexity index is 862. The third kappa shape index (κ3) is 6.29. The Balaban J connectivity index is 1.86. The molecule has 8 heteroatoms. The van der Waals surface area contributed by atoms with E-state index in [0.29, 0.717) is 24.3 Å². The number of carbonyl (C=O) groups excluding carboxylic acids is 3. The first kappa shape index (κ1) is 22.4. The first-order chi connectivity index (χ1) is 13.8. The largest absolute Gasteiger partial charge is 0.455 e. The number of nitrogens with one attached hydrogen (secondary N) is 1. The number of nitrogens with zero attached hydrogens (tertiary/aromatic N) is 1. The third-order valence-electron chi connectivity index (χ3n) is 4.21. The van der Waals surface area contributed by atoms with Gasteiger partial charge in [-0.1, -0.05) is 17.7 Å². The van der Waals surface area contributed by atoms with Crippen molar-refractivity contribution in [3.8, 4) is 0 Å². The first-order valence-corrected chi connectivity index (χ1v) is 9.51. The summed E-state index contributed by atoms with van der Waals surface area (Å²) in [5.41, 5.74) is 0.993. The van der Waals surface area contributed by atoms with Gasteiger partial charge in [-0.15, -0.1) is 0 Å². The van der Waals surface area contributed by atoms with Crippen LogP contribution in [0.25, 0.3) is 0 Å². The summed E-state index contributed by atoms with van der Waals surface area (Å²) >= 11 is 5.86. The second-order valence-corrected chi connectivity index (χ2v) is 6.55. The van der Waals surface area contributed by atoms with Crippen LogP contribution in [0.1, 0.15) is 29.8 Å². The molecule has 0 saturated carbocycles. The van der Waals surface area contributed by atoms with E-state index in [-0.39, 0.29) is 22.9 Å². The smallest absolute Gasteiger partial charge is 0.310 e. The van der Waals surface area contributed by atoms with Gasteiger partial charge in [0.05, 0.1) is 6.42 Å². The predicted octanol–water partition coefficient (Wildman–Crippen LogP) is 3.69. The second kappa shape index (κ2) is 10.6. The number of carbonyl (C=O) groups is 3. The van der Waals surface area contributed by atoms with Crippen LogP contribution in [-0.4, -0.2) is 42.4 Å². The molecule has 0 aliphatic carbocycles. The lowest BCUT2D eigenvalue weighted by molar-refractivity contribution is -0.146. The molecule has 0 heterocycles. The highest BCUT2D eigenvalue weighted by atomic mass is 35.5. The van der Waals surface area contributed by atoms with Gasteiger partial charge in [-0.05, 0) is 50.2 Å². The van der Waals surface area contributed by atoms with Crippen LogP contribution in [0.15, 0.2) is 42.5 Å². The number of esters is 1. The van der Waals surface area contributed by atoms with Gasteiger partial charge in [-0.3, -0.25) is 14.4 Å². The molecule has 0 spiro atoms. The molecule has 1 N–H and O–H groups in total. The van der Waals surface area contributed by atoms with Gasteiger partial charge in [0.1, 0.15) is 5.82 Å². The lowest BCUT2D eigenvalue weighted by atomic mass is 10.1. The summed E-state index contributed by atoms with van der Waals surface area (Å²) in [4.78, 5) is 37.8. The van der Waals surface area contributed by atoms with Gasteiger partial charge in [0, 0.05) is 34.9 Å². The highest BCUT2D eigenvalue weighted by Gasteiger charge is 2.15. The van der Waals surface area contributed by atoms with Gasteiger partial charge in [-0.25, -0.2) is 4.39 Å². The number of benzene rings is 2. The van der Waals surface area contributed by atoms with E-state index in [9.17, 15) is 18.8 Å². The van der Waals surface area contributed by atoms with E-state index in [0.717, 1.165) is 0 Å². The van der Waals surface area contributed by atoms with Crippen molar-refractivity contribution in [3.05, 3.63) is 64.4 Å². The number of amides is 2. The number of ether oxygens (including phenoxy) is 1. The van der Waals surface area contributed by atoms with E-state index in [1.807, 2.05) is 13.8 Å². The Kier molecular flexibility index (Phi) is 8.15. The van der Waals surface area contributed by atoms with Gasteiger partial charge >= 0.3 is 5.97 Å². The molecule has 0 atom stereocenters. The van der Waals surface area contributed by atoms with Crippen LogP contribution in [0.2, 0.25) is 5.02 Å². The molecular weight excluding hydrogens is 399 g/mol. The molecule has 6 nitrogen and oxygen atoms in total. The summed E-state index contributed by atoms with van der Waals surface area (Å²) in [5, 5.41) is 2.68. The first-order valence-electron chi connectivity index (χ1n) is 9.13. The van der Waals surface area contributed by atoms with Gasteiger partial charge in [0.2, 0.25) is 0 Å². The maximum Gasteiger partial charge on any atom is 0.310 e. The van der Waals surface area contributed by atoms with Crippen LogP contribution < -0.4 is 5.32 Å². The van der Waals surface area contributed by atoms with Crippen molar-refractivity contribution < 1.29 is 23.5 Å². The monoisotopic (exact) mass is 420 g/mol. The van der Waals surface area contributed by atoms with Gasteiger partial charge in [0.15, 0.2) is 6.61 Å². The average molecular weight is 421 g/mol. The Morgan fingerprint density at radius 2 is 1.72 bits per heavy atom. The van der Waals surface area contributed by atoms with Crippen LogP contribution in [0.5, 0.6) is 0 Å².